The smallest absolute Gasteiger partial charge is 0.128 e. The summed E-state index contributed by atoms with van der Waals surface area (Å²) in [7, 11) is 0. The van der Waals surface area contributed by atoms with Crippen molar-refractivity contribution in [2.75, 3.05) is 6.54 Å². The molecule has 98 valence electrons. The first kappa shape index (κ1) is 13.8. The van der Waals surface area contributed by atoms with Gasteiger partial charge in [0.15, 0.2) is 0 Å². The summed E-state index contributed by atoms with van der Waals surface area (Å²) in [5.74, 6) is 0.550. The molecular formula is C15H19BrFN. The van der Waals surface area contributed by atoms with E-state index < -0.39 is 0 Å². The number of hydrogen-bond donors (Lipinski definition) is 1. The topological polar surface area (TPSA) is 12.0 Å². The van der Waals surface area contributed by atoms with Crippen molar-refractivity contribution in [1.29, 1.82) is 0 Å². The molecule has 1 N–H and O–H groups in total. The second kappa shape index (κ2) is 6.48. The van der Waals surface area contributed by atoms with Gasteiger partial charge in [0.25, 0.3) is 0 Å². The number of nitrogens with one attached hydrogen (secondary N) is 1. The Morgan fingerprint density at radius 3 is 3.00 bits per heavy atom. The third kappa shape index (κ3) is 3.66. The molecule has 0 radical (unpaired) electrons. The molecule has 1 aromatic carbocycles. The van der Waals surface area contributed by atoms with Crippen LogP contribution in [-0.2, 0) is 0 Å². The van der Waals surface area contributed by atoms with E-state index in [4.69, 9.17) is 0 Å². The predicted octanol–water partition coefficient (Wildman–Crippen LogP) is 4.60. The highest BCUT2D eigenvalue weighted by molar-refractivity contribution is 9.10. The van der Waals surface area contributed by atoms with E-state index in [1.165, 1.54) is 18.9 Å². The van der Waals surface area contributed by atoms with Gasteiger partial charge in [0.05, 0.1) is 0 Å². The van der Waals surface area contributed by atoms with E-state index in [1.807, 2.05) is 13.0 Å². The average molecular weight is 312 g/mol. The fourth-order valence-electron chi connectivity index (χ4n) is 2.34. The van der Waals surface area contributed by atoms with E-state index >= 15 is 0 Å². The number of benzene rings is 1. The Bertz CT molecular complexity index is 431. The van der Waals surface area contributed by atoms with E-state index in [0.29, 0.717) is 5.92 Å². The zero-order chi connectivity index (χ0) is 13.0. The molecule has 18 heavy (non-hydrogen) atoms. The summed E-state index contributed by atoms with van der Waals surface area (Å²) in [6.07, 6.45) is 8.04. The molecule has 0 saturated heterocycles. The monoisotopic (exact) mass is 311 g/mol. The molecule has 1 nitrogen and oxygen atoms in total. The van der Waals surface area contributed by atoms with E-state index in [9.17, 15) is 4.39 Å². The maximum atomic E-state index is 13.7. The van der Waals surface area contributed by atoms with Crippen LogP contribution >= 0.6 is 15.9 Å². The molecule has 0 saturated carbocycles. The van der Waals surface area contributed by atoms with E-state index in [2.05, 4.69) is 33.4 Å². The van der Waals surface area contributed by atoms with E-state index in [0.717, 1.165) is 23.0 Å². The fraction of sp³-hybridized carbons (Fsp3) is 0.467. The molecule has 0 bridgehead atoms. The molecule has 1 aliphatic rings. The molecule has 2 unspecified atom stereocenters. The Labute approximate surface area is 117 Å². The predicted molar refractivity (Wildman–Crippen MR) is 77.0 cm³/mol. The molecule has 0 aliphatic heterocycles. The van der Waals surface area contributed by atoms with Gasteiger partial charge < -0.3 is 5.32 Å². The van der Waals surface area contributed by atoms with Crippen molar-refractivity contribution >= 4 is 15.9 Å². The minimum atomic E-state index is -0.137. The minimum absolute atomic E-state index is 0.0495. The minimum Gasteiger partial charge on any atom is -0.310 e. The lowest BCUT2D eigenvalue weighted by molar-refractivity contribution is 0.410. The van der Waals surface area contributed by atoms with Crippen molar-refractivity contribution in [1.82, 2.24) is 5.32 Å². The van der Waals surface area contributed by atoms with Crippen LogP contribution in [0.5, 0.6) is 0 Å². The summed E-state index contributed by atoms with van der Waals surface area (Å²) in [5, 5.41) is 3.44. The number of halogens is 2. The van der Waals surface area contributed by atoms with Crippen LogP contribution in [-0.4, -0.2) is 6.54 Å². The highest BCUT2D eigenvalue weighted by Crippen LogP contribution is 2.23. The molecule has 0 amide bonds. The van der Waals surface area contributed by atoms with Gasteiger partial charge in [-0.15, -0.1) is 0 Å². The van der Waals surface area contributed by atoms with Crippen molar-refractivity contribution in [3.05, 3.63) is 46.2 Å². The van der Waals surface area contributed by atoms with E-state index in [1.54, 1.807) is 6.07 Å². The van der Waals surface area contributed by atoms with Crippen molar-refractivity contribution < 1.29 is 4.39 Å². The van der Waals surface area contributed by atoms with Gasteiger partial charge in [0.2, 0.25) is 0 Å². The number of allylic oxidation sites excluding steroid dienone is 2. The van der Waals surface area contributed by atoms with E-state index in [-0.39, 0.29) is 11.9 Å². The third-order valence-corrected chi connectivity index (χ3v) is 4.01. The Morgan fingerprint density at radius 2 is 2.28 bits per heavy atom. The first-order chi connectivity index (χ1) is 8.66. The Kier molecular flexibility index (Phi) is 4.95. The highest BCUT2D eigenvalue weighted by Gasteiger charge is 2.14. The molecule has 2 rings (SSSR count). The van der Waals surface area contributed by atoms with Crippen molar-refractivity contribution in [3.8, 4) is 0 Å². The SMILES string of the molecule is CC(NCC1CC=CCC1)c1cc(Br)ccc1F. The Balaban J connectivity index is 1.92. The summed E-state index contributed by atoms with van der Waals surface area (Å²) in [5.41, 5.74) is 0.732. The van der Waals surface area contributed by atoms with Crippen LogP contribution in [0.25, 0.3) is 0 Å². The van der Waals surface area contributed by atoms with Crippen molar-refractivity contribution in [2.45, 2.75) is 32.2 Å². The summed E-state index contributed by atoms with van der Waals surface area (Å²) >= 11 is 3.39. The normalized spacial score (nSPS) is 20.9. The third-order valence-electron chi connectivity index (χ3n) is 3.51. The molecule has 0 heterocycles. The van der Waals surface area contributed by atoms with Crippen LogP contribution in [0.15, 0.2) is 34.8 Å². The van der Waals surface area contributed by atoms with Gasteiger partial charge in [0.1, 0.15) is 5.82 Å². The van der Waals surface area contributed by atoms with Crippen molar-refractivity contribution in [3.63, 3.8) is 0 Å². The van der Waals surface area contributed by atoms with Gasteiger partial charge in [-0.1, -0.05) is 28.1 Å². The van der Waals surface area contributed by atoms with Gasteiger partial charge in [-0.3, -0.25) is 0 Å². The maximum Gasteiger partial charge on any atom is 0.128 e. The molecular weight excluding hydrogens is 293 g/mol. The number of rotatable bonds is 4. The van der Waals surface area contributed by atoms with Crippen LogP contribution in [0.1, 0.15) is 37.8 Å². The summed E-state index contributed by atoms with van der Waals surface area (Å²) in [6, 6.07) is 5.15. The highest BCUT2D eigenvalue weighted by atomic mass is 79.9. The molecule has 3 heteroatoms. The Morgan fingerprint density at radius 1 is 1.44 bits per heavy atom. The van der Waals surface area contributed by atoms with Gasteiger partial charge in [-0.05, 0) is 56.8 Å². The first-order valence-corrected chi connectivity index (χ1v) is 7.29. The second-order valence-electron chi connectivity index (χ2n) is 4.95. The van der Waals surface area contributed by atoms with Crippen LogP contribution in [0.2, 0.25) is 0 Å². The maximum absolute atomic E-state index is 13.7. The lowest BCUT2D eigenvalue weighted by Crippen LogP contribution is -2.26. The molecule has 0 aromatic heterocycles. The second-order valence-corrected chi connectivity index (χ2v) is 5.86. The molecule has 0 fully saturated rings. The summed E-state index contributed by atoms with van der Waals surface area (Å²) in [4.78, 5) is 0. The number of hydrogen-bond acceptors (Lipinski definition) is 1. The zero-order valence-electron chi connectivity index (χ0n) is 10.6. The van der Waals surface area contributed by atoms with Crippen molar-refractivity contribution in [2.24, 2.45) is 5.92 Å². The largest absolute Gasteiger partial charge is 0.310 e. The lowest BCUT2D eigenvalue weighted by Gasteiger charge is -2.22. The lowest BCUT2D eigenvalue weighted by atomic mass is 9.94. The van der Waals surface area contributed by atoms with Crippen LogP contribution < -0.4 is 5.32 Å². The summed E-state index contributed by atoms with van der Waals surface area (Å²) in [6.45, 7) is 2.97. The van der Waals surface area contributed by atoms with Crippen LogP contribution in [0.4, 0.5) is 4.39 Å². The van der Waals surface area contributed by atoms with Crippen LogP contribution in [0, 0.1) is 11.7 Å². The van der Waals surface area contributed by atoms with Gasteiger partial charge in [-0.25, -0.2) is 4.39 Å². The standard InChI is InChI=1S/C15H19BrFN/c1-11(14-9-13(16)7-8-15(14)17)18-10-12-5-3-2-4-6-12/h2-3,7-9,11-12,18H,4-6,10H2,1H3. The fourth-order valence-corrected chi connectivity index (χ4v) is 2.72. The van der Waals surface area contributed by atoms with Crippen LogP contribution in [0.3, 0.4) is 0 Å². The summed E-state index contributed by atoms with van der Waals surface area (Å²) < 4.78 is 14.6. The Hall–Kier alpha value is -0.670. The average Bonchev–Trinajstić information content (AvgIpc) is 2.40. The molecule has 0 spiro atoms. The first-order valence-electron chi connectivity index (χ1n) is 6.50. The molecule has 1 aromatic rings. The quantitative estimate of drug-likeness (QED) is 0.802. The molecule has 2 atom stereocenters. The van der Waals surface area contributed by atoms with Gasteiger partial charge in [0, 0.05) is 16.1 Å². The van der Waals surface area contributed by atoms with Gasteiger partial charge >= 0.3 is 0 Å². The zero-order valence-corrected chi connectivity index (χ0v) is 12.2. The molecule has 1 aliphatic carbocycles. The van der Waals surface area contributed by atoms with Gasteiger partial charge in [-0.2, -0.15) is 0 Å².